The van der Waals surface area contributed by atoms with Gasteiger partial charge in [-0.1, -0.05) is 6.42 Å². The molecular formula is C10H20N4. The van der Waals surface area contributed by atoms with Gasteiger partial charge in [-0.3, -0.25) is 10.4 Å². The molecular weight excluding hydrogens is 176 g/mol. The second-order valence-corrected chi connectivity index (χ2v) is 4.56. The fourth-order valence-corrected chi connectivity index (χ4v) is 2.51. The molecule has 2 fully saturated rings. The molecule has 0 amide bonds. The van der Waals surface area contributed by atoms with Crippen molar-refractivity contribution in [2.45, 2.75) is 32.1 Å². The second kappa shape index (κ2) is 3.77. The molecule has 0 unspecified atom stereocenters. The molecule has 0 aromatic carbocycles. The molecule has 0 spiro atoms. The highest BCUT2D eigenvalue weighted by Crippen LogP contribution is 2.56. The number of aliphatic imine (C=N–C) groups is 1. The van der Waals surface area contributed by atoms with Crippen molar-refractivity contribution in [3.63, 3.8) is 0 Å². The highest BCUT2D eigenvalue weighted by molar-refractivity contribution is 5.78. The number of nitrogens with one attached hydrogen (secondary N) is 2. The van der Waals surface area contributed by atoms with Crippen molar-refractivity contribution < 1.29 is 0 Å². The number of hydrogen-bond donors (Lipinski definition) is 3. The number of nitrogens with two attached hydrogens (primary N) is 1. The van der Waals surface area contributed by atoms with E-state index in [1.54, 1.807) is 7.05 Å². The summed E-state index contributed by atoms with van der Waals surface area (Å²) in [5.74, 6) is 7.00. The van der Waals surface area contributed by atoms with Crippen molar-refractivity contribution in [1.29, 1.82) is 0 Å². The van der Waals surface area contributed by atoms with Crippen LogP contribution in [0.5, 0.6) is 0 Å². The SMILES string of the molecule is CN=C(NN)NCC1(C2CC2)CCC1. The Balaban J connectivity index is 1.83. The number of nitrogens with zero attached hydrogens (tertiary/aromatic N) is 1. The summed E-state index contributed by atoms with van der Waals surface area (Å²) in [4.78, 5) is 4.02. The predicted octanol–water partition coefficient (Wildman–Crippen LogP) is 0.605. The molecule has 0 aliphatic heterocycles. The van der Waals surface area contributed by atoms with Crippen molar-refractivity contribution in [3.8, 4) is 0 Å². The zero-order chi connectivity index (χ0) is 10.0. The molecule has 4 N–H and O–H groups in total. The van der Waals surface area contributed by atoms with Crippen LogP contribution in [-0.2, 0) is 0 Å². The molecule has 0 bridgehead atoms. The van der Waals surface area contributed by atoms with Crippen molar-refractivity contribution in [1.82, 2.24) is 10.7 Å². The Bertz CT molecular complexity index is 228. The number of hydrazine groups is 1. The van der Waals surface area contributed by atoms with Crippen LogP contribution in [0.25, 0.3) is 0 Å². The van der Waals surface area contributed by atoms with Crippen LogP contribution in [0.3, 0.4) is 0 Å². The first-order chi connectivity index (χ1) is 6.80. The first-order valence-electron chi connectivity index (χ1n) is 5.48. The van der Waals surface area contributed by atoms with Gasteiger partial charge in [-0.05, 0) is 37.0 Å². The van der Waals surface area contributed by atoms with Crippen LogP contribution in [0.4, 0.5) is 0 Å². The summed E-state index contributed by atoms with van der Waals surface area (Å²) in [6.07, 6.45) is 7.01. The van der Waals surface area contributed by atoms with Crippen molar-refractivity contribution in [3.05, 3.63) is 0 Å². The van der Waals surface area contributed by atoms with Crippen LogP contribution in [0, 0.1) is 11.3 Å². The summed E-state index contributed by atoms with van der Waals surface area (Å²) in [7, 11) is 1.74. The minimum atomic E-state index is 0.576. The lowest BCUT2D eigenvalue weighted by Gasteiger charge is -2.42. The maximum atomic E-state index is 5.32. The van der Waals surface area contributed by atoms with Crippen molar-refractivity contribution >= 4 is 5.96 Å². The Kier molecular flexibility index (Phi) is 2.63. The summed E-state index contributed by atoms with van der Waals surface area (Å²) in [6.45, 7) is 1.04. The summed E-state index contributed by atoms with van der Waals surface area (Å²) >= 11 is 0. The van der Waals surface area contributed by atoms with E-state index >= 15 is 0 Å². The number of guanidine groups is 1. The Hall–Kier alpha value is -0.770. The average molecular weight is 196 g/mol. The quantitative estimate of drug-likeness (QED) is 0.268. The van der Waals surface area contributed by atoms with E-state index in [1.165, 1.54) is 32.1 Å². The van der Waals surface area contributed by atoms with Crippen molar-refractivity contribution in [2.75, 3.05) is 13.6 Å². The molecule has 0 radical (unpaired) electrons. The first kappa shape index (κ1) is 9.77. The third-order valence-corrected chi connectivity index (χ3v) is 3.76. The Morgan fingerprint density at radius 2 is 2.21 bits per heavy atom. The van der Waals surface area contributed by atoms with E-state index in [2.05, 4.69) is 15.7 Å². The van der Waals surface area contributed by atoms with Crippen LogP contribution >= 0.6 is 0 Å². The zero-order valence-electron chi connectivity index (χ0n) is 8.84. The summed E-state index contributed by atoms with van der Waals surface area (Å²) in [6, 6.07) is 0. The van der Waals surface area contributed by atoms with Gasteiger partial charge in [0.1, 0.15) is 0 Å². The molecule has 2 saturated carbocycles. The van der Waals surface area contributed by atoms with Gasteiger partial charge >= 0.3 is 0 Å². The molecule has 0 saturated heterocycles. The third-order valence-electron chi connectivity index (χ3n) is 3.76. The largest absolute Gasteiger partial charge is 0.355 e. The molecule has 0 atom stereocenters. The van der Waals surface area contributed by atoms with Gasteiger partial charge in [0, 0.05) is 13.6 Å². The van der Waals surface area contributed by atoms with E-state index in [0.717, 1.165) is 12.5 Å². The maximum Gasteiger partial charge on any atom is 0.205 e. The zero-order valence-corrected chi connectivity index (χ0v) is 8.84. The fourth-order valence-electron chi connectivity index (χ4n) is 2.51. The van der Waals surface area contributed by atoms with Gasteiger partial charge in [0.15, 0.2) is 0 Å². The second-order valence-electron chi connectivity index (χ2n) is 4.56. The normalized spacial score (nSPS) is 25.4. The van der Waals surface area contributed by atoms with Crippen LogP contribution in [0.2, 0.25) is 0 Å². The number of rotatable bonds is 3. The van der Waals surface area contributed by atoms with E-state index < -0.39 is 0 Å². The molecule has 4 heteroatoms. The highest BCUT2D eigenvalue weighted by Gasteiger charge is 2.48. The molecule has 0 aromatic rings. The van der Waals surface area contributed by atoms with Gasteiger partial charge in [0.05, 0.1) is 0 Å². The minimum Gasteiger partial charge on any atom is -0.355 e. The molecule has 0 aromatic heterocycles. The van der Waals surface area contributed by atoms with Crippen LogP contribution < -0.4 is 16.6 Å². The van der Waals surface area contributed by atoms with E-state index in [4.69, 9.17) is 5.84 Å². The van der Waals surface area contributed by atoms with Gasteiger partial charge in [-0.15, -0.1) is 0 Å². The van der Waals surface area contributed by atoms with Gasteiger partial charge in [0.25, 0.3) is 0 Å². The molecule has 2 aliphatic rings. The molecule has 2 rings (SSSR count). The summed E-state index contributed by atoms with van der Waals surface area (Å²) in [5, 5.41) is 3.30. The van der Waals surface area contributed by atoms with E-state index in [-0.39, 0.29) is 0 Å². The highest BCUT2D eigenvalue weighted by atomic mass is 15.3. The standard InChI is InChI=1S/C10H20N4/c1-12-9(14-11)13-7-10(5-2-6-10)8-3-4-8/h8H,2-7,11H2,1H3,(H2,12,13,14). The fraction of sp³-hybridized carbons (Fsp3) is 0.900. The van der Waals surface area contributed by atoms with E-state index in [9.17, 15) is 0 Å². The third kappa shape index (κ3) is 1.71. The lowest BCUT2D eigenvalue weighted by molar-refractivity contribution is 0.106. The molecule has 14 heavy (non-hydrogen) atoms. The van der Waals surface area contributed by atoms with Crippen LogP contribution in [0.15, 0.2) is 4.99 Å². The van der Waals surface area contributed by atoms with Gasteiger partial charge < -0.3 is 5.32 Å². The molecule has 0 heterocycles. The van der Waals surface area contributed by atoms with E-state index in [1.807, 2.05) is 0 Å². The van der Waals surface area contributed by atoms with Crippen LogP contribution in [0.1, 0.15) is 32.1 Å². The predicted molar refractivity (Wildman–Crippen MR) is 57.7 cm³/mol. The lowest BCUT2D eigenvalue weighted by atomic mass is 9.65. The lowest BCUT2D eigenvalue weighted by Crippen LogP contribution is -2.49. The minimum absolute atomic E-state index is 0.576. The summed E-state index contributed by atoms with van der Waals surface area (Å²) in [5.41, 5.74) is 3.15. The smallest absolute Gasteiger partial charge is 0.205 e. The van der Waals surface area contributed by atoms with Gasteiger partial charge in [0.2, 0.25) is 5.96 Å². The topological polar surface area (TPSA) is 62.4 Å². The maximum absolute atomic E-state index is 5.32. The Morgan fingerprint density at radius 1 is 1.50 bits per heavy atom. The van der Waals surface area contributed by atoms with E-state index in [0.29, 0.717) is 11.4 Å². The van der Waals surface area contributed by atoms with Gasteiger partial charge in [-0.25, -0.2) is 5.84 Å². The molecule has 80 valence electrons. The molecule has 2 aliphatic carbocycles. The van der Waals surface area contributed by atoms with Crippen LogP contribution in [-0.4, -0.2) is 19.6 Å². The van der Waals surface area contributed by atoms with Gasteiger partial charge in [-0.2, -0.15) is 0 Å². The average Bonchev–Trinajstić information content (AvgIpc) is 2.94. The monoisotopic (exact) mass is 196 g/mol. The number of hydrogen-bond acceptors (Lipinski definition) is 2. The van der Waals surface area contributed by atoms with Crippen molar-refractivity contribution in [2.24, 2.45) is 22.2 Å². The summed E-state index contributed by atoms with van der Waals surface area (Å²) < 4.78 is 0. The molecule has 4 nitrogen and oxygen atoms in total. The Morgan fingerprint density at radius 3 is 2.57 bits per heavy atom. The Labute approximate surface area is 85.3 Å². The first-order valence-corrected chi connectivity index (χ1v) is 5.48.